The molecule has 2 unspecified atom stereocenters. The van der Waals surface area contributed by atoms with Crippen molar-refractivity contribution in [3.05, 3.63) is 11.1 Å². The first-order chi connectivity index (χ1) is 9.22. The lowest BCUT2D eigenvalue weighted by molar-refractivity contribution is -0.140. The maximum absolute atomic E-state index is 11.1. The summed E-state index contributed by atoms with van der Waals surface area (Å²) in [6.45, 7) is 0. The smallest absolute Gasteiger partial charge is 0.305 e. The van der Waals surface area contributed by atoms with Crippen LogP contribution in [0.2, 0.25) is 0 Å². The molecule has 1 fully saturated rings. The molecule has 5 nitrogen and oxygen atoms in total. The summed E-state index contributed by atoms with van der Waals surface area (Å²) >= 11 is 1.58. The third-order valence-corrected chi connectivity index (χ3v) is 4.25. The van der Waals surface area contributed by atoms with Crippen LogP contribution in [-0.4, -0.2) is 37.3 Å². The van der Waals surface area contributed by atoms with E-state index >= 15 is 0 Å². The topological polar surface area (TPSA) is 60.5 Å². The van der Waals surface area contributed by atoms with E-state index in [4.69, 9.17) is 4.74 Å². The van der Waals surface area contributed by atoms with Gasteiger partial charge in [-0.15, -0.1) is 11.3 Å². The van der Waals surface area contributed by atoms with Crippen LogP contribution in [0.15, 0.2) is 5.38 Å². The van der Waals surface area contributed by atoms with Crippen molar-refractivity contribution >= 4 is 22.4 Å². The number of ether oxygens (including phenoxy) is 2. The maximum atomic E-state index is 11.1. The first-order valence-electron chi connectivity index (χ1n) is 6.53. The number of carbonyl (C=O) groups is 1. The van der Waals surface area contributed by atoms with Crippen molar-refractivity contribution in [2.75, 3.05) is 19.5 Å². The van der Waals surface area contributed by atoms with Gasteiger partial charge in [-0.25, -0.2) is 4.98 Å². The van der Waals surface area contributed by atoms with Crippen LogP contribution < -0.4 is 5.32 Å². The van der Waals surface area contributed by atoms with Crippen LogP contribution in [0.25, 0.3) is 0 Å². The van der Waals surface area contributed by atoms with Crippen molar-refractivity contribution in [2.45, 2.75) is 44.2 Å². The minimum atomic E-state index is -0.197. The number of nitrogens with zero attached hydrogens (tertiary/aromatic N) is 1. The van der Waals surface area contributed by atoms with Crippen LogP contribution in [0.1, 0.15) is 31.4 Å². The van der Waals surface area contributed by atoms with Crippen LogP contribution in [0.5, 0.6) is 0 Å². The molecular weight excluding hydrogens is 264 g/mol. The second-order valence-electron chi connectivity index (χ2n) is 4.68. The maximum Gasteiger partial charge on any atom is 0.305 e. The van der Waals surface area contributed by atoms with E-state index in [0.29, 0.717) is 18.9 Å². The average Bonchev–Trinajstić information content (AvgIpc) is 3.05. The van der Waals surface area contributed by atoms with Crippen molar-refractivity contribution in [3.63, 3.8) is 0 Å². The Balaban J connectivity index is 1.85. The quantitative estimate of drug-likeness (QED) is 0.812. The number of thiazole rings is 1. The summed E-state index contributed by atoms with van der Waals surface area (Å²) in [4.78, 5) is 15.6. The molecule has 1 aliphatic carbocycles. The van der Waals surface area contributed by atoms with E-state index in [1.165, 1.54) is 13.5 Å². The third-order valence-electron chi connectivity index (χ3n) is 3.43. The van der Waals surface area contributed by atoms with Crippen LogP contribution in [0.3, 0.4) is 0 Å². The van der Waals surface area contributed by atoms with Gasteiger partial charge in [-0.3, -0.25) is 4.79 Å². The normalized spacial score (nSPS) is 22.4. The van der Waals surface area contributed by atoms with Crippen LogP contribution in [0, 0.1) is 0 Å². The fourth-order valence-electron chi connectivity index (χ4n) is 2.35. The Bertz CT molecular complexity index is 422. The zero-order chi connectivity index (χ0) is 13.7. The molecule has 1 aromatic heterocycles. The lowest BCUT2D eigenvalue weighted by atomic mass is 10.2. The SMILES string of the molecule is COC(=O)CCc1csc(NC2CCCC2OC)n1. The average molecular weight is 284 g/mol. The lowest BCUT2D eigenvalue weighted by Gasteiger charge is -2.18. The van der Waals surface area contributed by atoms with Gasteiger partial charge >= 0.3 is 5.97 Å². The van der Waals surface area contributed by atoms with E-state index in [2.05, 4.69) is 15.0 Å². The highest BCUT2D eigenvalue weighted by molar-refractivity contribution is 7.13. The molecule has 2 atom stereocenters. The second-order valence-corrected chi connectivity index (χ2v) is 5.53. The first kappa shape index (κ1) is 14.3. The summed E-state index contributed by atoms with van der Waals surface area (Å²) in [6, 6.07) is 0.351. The zero-order valence-electron chi connectivity index (χ0n) is 11.3. The van der Waals surface area contributed by atoms with Gasteiger partial charge in [-0.1, -0.05) is 0 Å². The summed E-state index contributed by atoms with van der Waals surface area (Å²) in [5, 5.41) is 6.33. The molecule has 1 aromatic rings. The summed E-state index contributed by atoms with van der Waals surface area (Å²) in [7, 11) is 3.16. The molecule has 0 radical (unpaired) electrons. The molecule has 106 valence electrons. The molecule has 0 amide bonds. The Kier molecular flexibility index (Phi) is 5.15. The van der Waals surface area contributed by atoms with Gasteiger partial charge in [-0.05, 0) is 19.3 Å². The largest absolute Gasteiger partial charge is 0.469 e. The highest BCUT2D eigenvalue weighted by Gasteiger charge is 2.27. The van der Waals surface area contributed by atoms with Gasteiger partial charge < -0.3 is 14.8 Å². The van der Waals surface area contributed by atoms with Gasteiger partial charge in [0.15, 0.2) is 5.13 Å². The molecule has 1 saturated carbocycles. The molecule has 1 aliphatic rings. The molecule has 1 heterocycles. The standard InChI is InChI=1S/C13H20N2O3S/c1-17-11-5-3-4-10(11)15-13-14-9(8-19-13)6-7-12(16)18-2/h8,10-11H,3-7H2,1-2H3,(H,14,15). The molecule has 6 heteroatoms. The summed E-state index contributed by atoms with van der Waals surface area (Å²) in [5.41, 5.74) is 0.935. The van der Waals surface area contributed by atoms with E-state index in [1.54, 1.807) is 18.4 Å². The molecule has 0 saturated heterocycles. The molecule has 0 aliphatic heterocycles. The van der Waals surface area contributed by atoms with E-state index < -0.39 is 0 Å². The van der Waals surface area contributed by atoms with E-state index in [9.17, 15) is 4.79 Å². The molecule has 0 spiro atoms. The van der Waals surface area contributed by atoms with Crippen molar-refractivity contribution in [2.24, 2.45) is 0 Å². The molecule has 1 N–H and O–H groups in total. The van der Waals surface area contributed by atoms with Gasteiger partial charge in [-0.2, -0.15) is 0 Å². The number of aromatic nitrogens is 1. The van der Waals surface area contributed by atoms with Crippen LogP contribution in [0.4, 0.5) is 5.13 Å². The Labute approximate surface area is 117 Å². The van der Waals surface area contributed by atoms with Crippen molar-refractivity contribution in [1.82, 2.24) is 4.98 Å². The molecule has 0 aromatic carbocycles. The van der Waals surface area contributed by atoms with Gasteiger partial charge in [0.1, 0.15) is 0 Å². The number of hydrogen-bond acceptors (Lipinski definition) is 6. The van der Waals surface area contributed by atoms with Crippen molar-refractivity contribution in [3.8, 4) is 0 Å². The predicted octanol–water partition coefficient (Wildman–Crippen LogP) is 2.23. The number of carbonyl (C=O) groups excluding carboxylic acids is 1. The molecular formula is C13H20N2O3S. The molecule has 19 heavy (non-hydrogen) atoms. The van der Waals surface area contributed by atoms with Gasteiger partial charge in [0.2, 0.25) is 0 Å². The van der Waals surface area contributed by atoms with Gasteiger partial charge in [0, 0.05) is 18.9 Å². The highest BCUT2D eigenvalue weighted by atomic mass is 32.1. The van der Waals surface area contributed by atoms with E-state index in [-0.39, 0.29) is 12.1 Å². The minimum absolute atomic E-state index is 0.197. The number of nitrogens with one attached hydrogen (secondary N) is 1. The third kappa shape index (κ3) is 3.91. The highest BCUT2D eigenvalue weighted by Crippen LogP contribution is 2.26. The zero-order valence-corrected chi connectivity index (χ0v) is 12.2. The van der Waals surface area contributed by atoms with Crippen LogP contribution in [-0.2, 0) is 20.7 Å². The molecule has 0 bridgehead atoms. The number of methoxy groups -OCH3 is 2. The fourth-order valence-corrected chi connectivity index (χ4v) is 3.16. The summed E-state index contributed by atoms with van der Waals surface area (Å²) in [5.74, 6) is -0.197. The number of aryl methyl sites for hydroxylation is 1. The van der Waals surface area contributed by atoms with E-state index in [0.717, 1.165) is 23.7 Å². The Morgan fingerprint density at radius 1 is 1.53 bits per heavy atom. The Morgan fingerprint density at radius 3 is 3.11 bits per heavy atom. The first-order valence-corrected chi connectivity index (χ1v) is 7.41. The number of esters is 1. The number of hydrogen-bond donors (Lipinski definition) is 1. The Morgan fingerprint density at radius 2 is 2.37 bits per heavy atom. The lowest BCUT2D eigenvalue weighted by Crippen LogP contribution is -2.29. The fraction of sp³-hybridized carbons (Fsp3) is 0.692. The number of rotatable bonds is 6. The monoisotopic (exact) mass is 284 g/mol. The van der Waals surface area contributed by atoms with E-state index in [1.807, 2.05) is 5.38 Å². The predicted molar refractivity (Wildman–Crippen MR) is 74.5 cm³/mol. The molecule has 2 rings (SSSR count). The summed E-state index contributed by atoms with van der Waals surface area (Å²) in [6.07, 6.45) is 4.70. The summed E-state index contributed by atoms with van der Waals surface area (Å²) < 4.78 is 10.1. The minimum Gasteiger partial charge on any atom is -0.469 e. The Hall–Kier alpha value is -1.14. The van der Waals surface area contributed by atoms with Crippen molar-refractivity contribution < 1.29 is 14.3 Å². The van der Waals surface area contributed by atoms with Gasteiger partial charge in [0.05, 0.1) is 31.4 Å². The second kappa shape index (κ2) is 6.86. The number of anilines is 1. The van der Waals surface area contributed by atoms with Crippen LogP contribution >= 0.6 is 11.3 Å². The van der Waals surface area contributed by atoms with Gasteiger partial charge in [0.25, 0.3) is 0 Å². The van der Waals surface area contributed by atoms with Crippen molar-refractivity contribution in [1.29, 1.82) is 0 Å².